The Hall–Kier alpha value is 3.09. The van der Waals surface area contributed by atoms with E-state index < -0.39 is 0 Å². The van der Waals surface area contributed by atoms with Crippen LogP contribution < -0.4 is 0 Å². The van der Waals surface area contributed by atoms with Gasteiger partial charge in [0.2, 0.25) is 0 Å². The third kappa shape index (κ3) is 19.2. The molecule has 0 aliphatic rings. The summed E-state index contributed by atoms with van der Waals surface area (Å²) in [6.07, 6.45) is 0. The summed E-state index contributed by atoms with van der Waals surface area (Å²) < 4.78 is 0. The van der Waals surface area contributed by atoms with E-state index in [1.54, 1.807) is 0 Å². The van der Waals surface area contributed by atoms with Gasteiger partial charge in [-0.2, -0.15) is 0 Å². The minimum Gasteiger partial charge on any atom is 0 e. The summed E-state index contributed by atoms with van der Waals surface area (Å²) in [5.41, 5.74) is 0. The molecule has 0 amide bonds. The van der Waals surface area contributed by atoms with E-state index in [9.17, 15) is 0 Å². The molecule has 0 spiro atoms. The van der Waals surface area contributed by atoms with Crippen LogP contribution in [-0.4, -0.2) is 41.9 Å². The second-order valence-corrected chi connectivity index (χ2v) is 0. The Kier molecular flexibility index (Phi) is 235. The van der Waals surface area contributed by atoms with Crippen molar-refractivity contribution in [2.45, 2.75) is 0 Å². The van der Waals surface area contributed by atoms with E-state index in [2.05, 4.69) is 0 Å². The van der Waals surface area contributed by atoms with Crippen molar-refractivity contribution in [2.24, 2.45) is 0 Å². The van der Waals surface area contributed by atoms with E-state index in [1.807, 2.05) is 0 Å². The second kappa shape index (κ2) is 27.5. The van der Waals surface area contributed by atoms with Crippen LogP contribution in [0.1, 0.15) is 0 Å². The van der Waals surface area contributed by atoms with Crippen LogP contribution in [0.25, 0.3) is 0 Å². The van der Waals surface area contributed by atoms with Gasteiger partial charge < -0.3 is 0 Å². The van der Waals surface area contributed by atoms with Crippen molar-refractivity contribution in [1.29, 1.82) is 0 Å². The molecule has 0 rings (SSSR count). The molecule has 0 aromatic carbocycles. The van der Waals surface area contributed by atoms with Crippen LogP contribution >= 0.6 is 0 Å². The van der Waals surface area contributed by atoms with Crippen molar-refractivity contribution in [3.8, 4) is 0 Å². The molecule has 0 aromatic heterocycles. The minimum atomic E-state index is 0. The number of hydrogen-bond donors (Lipinski definition) is 0. The minimum absolute atomic E-state index is 0. The van der Waals surface area contributed by atoms with E-state index in [-0.39, 0.29) is 97.2 Å². The Balaban J connectivity index is 0. The molecule has 24 valence electrons. The van der Waals surface area contributed by atoms with Gasteiger partial charge in [0.1, 0.15) is 0 Å². The van der Waals surface area contributed by atoms with E-state index >= 15 is 0 Å². The van der Waals surface area contributed by atoms with Crippen molar-refractivity contribution in [2.75, 3.05) is 0 Å². The van der Waals surface area contributed by atoms with Crippen molar-refractivity contribution in [3.05, 3.63) is 0 Å². The monoisotopic (exact) mass is 192 g/mol. The smallest absolute Gasteiger partial charge is 0 e. The Morgan fingerprint density at radius 1 is 1.00 bits per heavy atom. The maximum absolute atomic E-state index is 0. The van der Waals surface area contributed by atoms with Crippen LogP contribution in [-0.2, 0) is 55.3 Å². The zero-order valence-corrected chi connectivity index (χ0v) is 8.05. The van der Waals surface area contributed by atoms with Gasteiger partial charge in [-0.25, -0.2) is 0 Å². The van der Waals surface area contributed by atoms with E-state index in [1.165, 1.54) is 0 Å². The fraction of sp³-hybridized carbons (Fsp3) is 0. The quantitative estimate of drug-likeness (QED) is 0.443. The van der Waals surface area contributed by atoms with Crippen molar-refractivity contribution < 1.29 is 55.3 Å². The third-order valence-corrected chi connectivity index (χ3v) is 0. The number of hydrogen-bond acceptors (Lipinski definition) is 0. The summed E-state index contributed by atoms with van der Waals surface area (Å²) >= 11 is 0. The zero-order chi connectivity index (χ0) is 0. The van der Waals surface area contributed by atoms with E-state index in [0.717, 1.165) is 0 Å². The Morgan fingerprint density at radius 3 is 1.00 bits per heavy atom. The molecule has 0 saturated heterocycles. The average Bonchev–Trinajstić information content (AvgIpc) is 0. The molecule has 0 atom stereocenters. The van der Waals surface area contributed by atoms with Gasteiger partial charge in [-0.05, 0) is 0 Å². The first kappa shape index (κ1) is 42.6. The molecule has 0 nitrogen and oxygen atoms in total. The van der Waals surface area contributed by atoms with Gasteiger partial charge in [0.05, 0.1) is 0 Å². The van der Waals surface area contributed by atoms with Gasteiger partial charge in [0.15, 0.2) is 0 Å². The normalized spacial score (nSPS) is 0. The molecule has 0 aliphatic heterocycles. The summed E-state index contributed by atoms with van der Waals surface area (Å²) in [7, 11) is 0. The first-order chi connectivity index (χ1) is 0. The largest absolute Gasteiger partial charge is 0 e. The first-order valence-corrected chi connectivity index (χ1v) is 0. The van der Waals surface area contributed by atoms with Gasteiger partial charge in [-0.15, -0.1) is 0 Å². The van der Waals surface area contributed by atoms with Gasteiger partial charge in [0.25, 0.3) is 0 Å². The zero-order valence-electron chi connectivity index (χ0n) is 2.90. The summed E-state index contributed by atoms with van der Waals surface area (Å²) in [6, 6.07) is 0. The van der Waals surface area contributed by atoms with Crippen LogP contribution in [0.5, 0.6) is 0 Å². The molecule has 0 N–H and O–H groups in total. The molecule has 5 heavy (non-hydrogen) atoms. The molecular formula is LiMgMnNiTi. The van der Waals surface area contributed by atoms with E-state index in [0.29, 0.717) is 0 Å². The summed E-state index contributed by atoms with van der Waals surface area (Å²) in [4.78, 5) is 0. The molecule has 4 radical (unpaired) electrons. The van der Waals surface area contributed by atoms with Crippen LogP contribution in [0.2, 0.25) is 0 Å². The summed E-state index contributed by atoms with van der Waals surface area (Å²) in [6.45, 7) is 0. The van der Waals surface area contributed by atoms with Crippen LogP contribution in [0.4, 0.5) is 0 Å². The van der Waals surface area contributed by atoms with Crippen molar-refractivity contribution >= 4 is 41.9 Å². The molecule has 5 heteroatoms. The summed E-state index contributed by atoms with van der Waals surface area (Å²) in [5, 5.41) is 0. The maximum atomic E-state index is 0. The fourth-order valence-electron chi connectivity index (χ4n) is 0. The van der Waals surface area contributed by atoms with Crippen molar-refractivity contribution in [1.82, 2.24) is 0 Å². The number of rotatable bonds is 0. The second-order valence-electron chi connectivity index (χ2n) is 0. The van der Waals surface area contributed by atoms with Crippen molar-refractivity contribution in [3.63, 3.8) is 0 Å². The van der Waals surface area contributed by atoms with Gasteiger partial charge >= 0.3 is 0 Å². The van der Waals surface area contributed by atoms with Crippen LogP contribution in [0, 0.1) is 0 Å². The Morgan fingerprint density at radius 2 is 1.00 bits per heavy atom. The van der Waals surface area contributed by atoms with Crippen LogP contribution in [0.3, 0.4) is 0 Å². The predicted molar refractivity (Wildman–Crippen MR) is 11.5 cm³/mol. The van der Waals surface area contributed by atoms with E-state index in [4.69, 9.17) is 0 Å². The Bertz CT molecular complexity index is 11.6. The summed E-state index contributed by atoms with van der Waals surface area (Å²) in [5.74, 6) is 0. The molecule has 0 heterocycles. The molecule has 0 aliphatic carbocycles. The Labute approximate surface area is 95.6 Å². The topological polar surface area (TPSA) is 0 Å². The molecule has 0 fully saturated rings. The standard InChI is InChI=1S/Li.Mg.Mn.Ni.Ti. The van der Waals surface area contributed by atoms with Gasteiger partial charge in [-0.1, -0.05) is 0 Å². The molecule has 0 aromatic rings. The average molecular weight is 193 g/mol. The molecule has 0 unspecified atom stereocenters. The fourth-order valence-corrected chi connectivity index (χ4v) is 0. The van der Waals surface area contributed by atoms with Crippen LogP contribution in [0.15, 0.2) is 0 Å². The molecular weight excluding hydrogens is 193 g/mol. The van der Waals surface area contributed by atoms with Gasteiger partial charge in [-0.3, -0.25) is 0 Å². The molecule has 0 bridgehead atoms. The predicted octanol–water partition coefficient (Wildman–Crippen LogP) is -0.769. The van der Waals surface area contributed by atoms with Gasteiger partial charge in [0, 0.05) is 97.2 Å². The molecule has 0 saturated carbocycles. The maximum Gasteiger partial charge on any atom is 0 e. The first-order valence-electron chi connectivity index (χ1n) is 0. The SMILES string of the molecule is [Li].[Mg].[Mn].[Ni].[Ti]. The third-order valence-electron chi connectivity index (χ3n) is 0.